The number of carbonyl (C=O) groups excluding carboxylic acids is 1. The van der Waals surface area contributed by atoms with Crippen LogP contribution in [0.15, 0.2) is 36.0 Å². The van der Waals surface area contributed by atoms with Crippen molar-refractivity contribution in [3.63, 3.8) is 0 Å². The van der Waals surface area contributed by atoms with Gasteiger partial charge in [0.15, 0.2) is 0 Å². The van der Waals surface area contributed by atoms with Crippen LogP contribution in [0.1, 0.15) is 29.2 Å². The lowest BCUT2D eigenvalue weighted by molar-refractivity contribution is 0.0532. The lowest BCUT2D eigenvalue weighted by Crippen LogP contribution is -2.01. The van der Waals surface area contributed by atoms with Crippen molar-refractivity contribution in [1.29, 1.82) is 0 Å². The van der Waals surface area contributed by atoms with Gasteiger partial charge in [-0.1, -0.05) is 6.92 Å². The predicted octanol–water partition coefficient (Wildman–Crippen LogP) is 3.94. The molecule has 118 valence electrons. The van der Waals surface area contributed by atoms with E-state index in [1.807, 2.05) is 23.6 Å². The molecule has 0 bridgehead atoms. The first-order valence-corrected chi connectivity index (χ1v) is 8.36. The molecular weight excluding hydrogens is 310 g/mol. The van der Waals surface area contributed by atoms with E-state index in [1.165, 1.54) is 11.3 Å². The quantitative estimate of drug-likeness (QED) is 0.721. The van der Waals surface area contributed by atoms with Gasteiger partial charge in [-0.3, -0.25) is 4.98 Å². The van der Waals surface area contributed by atoms with E-state index < -0.39 is 0 Å². The Morgan fingerprint density at radius 3 is 2.91 bits per heavy atom. The van der Waals surface area contributed by atoms with Crippen molar-refractivity contribution in [2.24, 2.45) is 0 Å². The first kappa shape index (κ1) is 15.4. The van der Waals surface area contributed by atoms with Crippen molar-refractivity contribution in [2.75, 3.05) is 6.61 Å². The summed E-state index contributed by atoms with van der Waals surface area (Å²) in [7, 11) is 0. The summed E-state index contributed by atoms with van der Waals surface area (Å²) >= 11 is 1.36. The second-order valence-electron chi connectivity index (χ2n) is 4.93. The number of nitrogens with one attached hydrogen (secondary N) is 1. The minimum absolute atomic E-state index is 0.293. The molecule has 0 fully saturated rings. The first-order chi connectivity index (χ1) is 11.2. The van der Waals surface area contributed by atoms with Crippen LogP contribution in [0.25, 0.3) is 22.6 Å². The van der Waals surface area contributed by atoms with Crippen LogP contribution < -0.4 is 0 Å². The van der Waals surface area contributed by atoms with Gasteiger partial charge in [0.05, 0.1) is 12.3 Å². The molecule has 0 unspecified atom stereocenters. The second kappa shape index (κ2) is 6.75. The summed E-state index contributed by atoms with van der Waals surface area (Å²) in [6.07, 6.45) is 4.38. The molecule has 3 rings (SSSR count). The van der Waals surface area contributed by atoms with Crippen LogP contribution in [0.2, 0.25) is 0 Å². The molecule has 0 atom stereocenters. The number of H-pyrrole nitrogens is 1. The van der Waals surface area contributed by atoms with Gasteiger partial charge in [0.25, 0.3) is 0 Å². The Balaban J connectivity index is 1.95. The van der Waals surface area contributed by atoms with Crippen molar-refractivity contribution < 1.29 is 9.53 Å². The molecule has 0 aromatic carbocycles. The van der Waals surface area contributed by atoms with E-state index in [1.54, 1.807) is 19.3 Å². The third kappa shape index (κ3) is 3.17. The van der Waals surface area contributed by atoms with E-state index in [0.717, 1.165) is 34.8 Å². The Kier molecular flexibility index (Phi) is 4.52. The Labute approximate surface area is 138 Å². The number of aromatic amines is 1. The number of ether oxygens (including phenoxy) is 1. The minimum Gasteiger partial charge on any atom is -0.462 e. The van der Waals surface area contributed by atoms with Gasteiger partial charge in [-0.15, -0.1) is 11.3 Å². The molecular formula is C17H17N3O2S. The molecule has 3 aromatic heterocycles. The minimum atomic E-state index is -0.293. The number of aryl methyl sites for hydroxylation is 1. The number of thiophene rings is 1. The number of hydrogen-bond donors (Lipinski definition) is 1. The van der Waals surface area contributed by atoms with Crippen molar-refractivity contribution in [3.05, 3.63) is 46.5 Å². The van der Waals surface area contributed by atoms with Crippen LogP contribution in [0.3, 0.4) is 0 Å². The summed E-state index contributed by atoms with van der Waals surface area (Å²) < 4.78 is 5.03. The number of pyridine rings is 1. The summed E-state index contributed by atoms with van der Waals surface area (Å²) in [5, 5.41) is 1.91. The summed E-state index contributed by atoms with van der Waals surface area (Å²) in [5.74, 6) is 0.464. The highest BCUT2D eigenvalue weighted by atomic mass is 32.1. The summed E-state index contributed by atoms with van der Waals surface area (Å²) in [5.41, 5.74) is 3.83. The van der Waals surface area contributed by atoms with E-state index in [9.17, 15) is 4.79 Å². The van der Waals surface area contributed by atoms with Crippen LogP contribution in [-0.4, -0.2) is 27.5 Å². The molecule has 1 N–H and O–H groups in total. The first-order valence-electron chi connectivity index (χ1n) is 7.48. The van der Waals surface area contributed by atoms with Gasteiger partial charge >= 0.3 is 5.97 Å². The zero-order chi connectivity index (χ0) is 16.2. The lowest BCUT2D eigenvalue weighted by atomic mass is 10.1. The van der Waals surface area contributed by atoms with Gasteiger partial charge in [-0.05, 0) is 31.5 Å². The molecule has 6 heteroatoms. The summed E-state index contributed by atoms with van der Waals surface area (Å²) in [6, 6.07) is 5.70. The molecule has 3 heterocycles. The van der Waals surface area contributed by atoms with Crippen LogP contribution in [0, 0.1) is 0 Å². The highest BCUT2D eigenvalue weighted by Crippen LogP contribution is 2.29. The van der Waals surface area contributed by atoms with Crippen LogP contribution in [0.4, 0.5) is 0 Å². The lowest BCUT2D eigenvalue weighted by Gasteiger charge is -1.98. The van der Waals surface area contributed by atoms with E-state index >= 15 is 0 Å². The fourth-order valence-electron chi connectivity index (χ4n) is 2.31. The molecule has 0 aliphatic carbocycles. The maximum Gasteiger partial charge on any atom is 0.348 e. The smallest absolute Gasteiger partial charge is 0.348 e. The van der Waals surface area contributed by atoms with Crippen molar-refractivity contribution in [3.8, 4) is 22.6 Å². The SMILES string of the molecule is CCOC(=O)c1cc(-c2nc(-c3cccnc3)c(CC)[nH]2)cs1. The molecule has 3 aromatic rings. The van der Waals surface area contributed by atoms with Gasteiger partial charge in [-0.2, -0.15) is 0 Å². The Bertz CT molecular complexity index is 808. The topological polar surface area (TPSA) is 67.9 Å². The number of hydrogen-bond acceptors (Lipinski definition) is 5. The third-order valence-electron chi connectivity index (χ3n) is 3.42. The average molecular weight is 327 g/mol. The number of aromatic nitrogens is 3. The van der Waals surface area contributed by atoms with Crippen LogP contribution in [0.5, 0.6) is 0 Å². The van der Waals surface area contributed by atoms with Gasteiger partial charge < -0.3 is 9.72 Å². The van der Waals surface area contributed by atoms with E-state index in [-0.39, 0.29) is 5.97 Å². The molecule has 0 saturated heterocycles. The molecule has 23 heavy (non-hydrogen) atoms. The van der Waals surface area contributed by atoms with E-state index in [0.29, 0.717) is 11.5 Å². The summed E-state index contributed by atoms with van der Waals surface area (Å²) in [6.45, 7) is 4.25. The van der Waals surface area contributed by atoms with Gasteiger partial charge in [0, 0.05) is 34.6 Å². The fraction of sp³-hybridized carbons (Fsp3) is 0.235. The van der Waals surface area contributed by atoms with Gasteiger partial charge in [0.2, 0.25) is 0 Å². The largest absolute Gasteiger partial charge is 0.462 e. The Morgan fingerprint density at radius 2 is 2.22 bits per heavy atom. The Hall–Kier alpha value is -2.47. The van der Waals surface area contributed by atoms with Crippen molar-refractivity contribution in [2.45, 2.75) is 20.3 Å². The fourth-order valence-corrected chi connectivity index (χ4v) is 3.10. The van der Waals surface area contributed by atoms with Crippen molar-refractivity contribution >= 4 is 17.3 Å². The molecule has 0 aliphatic rings. The molecule has 0 saturated carbocycles. The number of nitrogens with zero attached hydrogens (tertiary/aromatic N) is 2. The standard InChI is InChI=1S/C17H17N3O2S/c1-3-13-15(11-6-5-7-18-9-11)20-16(19-13)12-8-14(23-10-12)17(21)22-4-2/h5-10H,3-4H2,1-2H3,(H,19,20). The summed E-state index contributed by atoms with van der Waals surface area (Å²) in [4.78, 5) is 24.6. The third-order valence-corrected chi connectivity index (χ3v) is 4.33. The van der Waals surface area contributed by atoms with Crippen molar-refractivity contribution in [1.82, 2.24) is 15.0 Å². The normalized spacial score (nSPS) is 10.7. The zero-order valence-corrected chi connectivity index (χ0v) is 13.8. The highest BCUT2D eigenvalue weighted by Gasteiger charge is 2.16. The van der Waals surface area contributed by atoms with E-state index in [2.05, 4.69) is 16.9 Å². The monoisotopic (exact) mass is 327 g/mol. The van der Waals surface area contributed by atoms with Crippen LogP contribution in [-0.2, 0) is 11.2 Å². The maximum absolute atomic E-state index is 11.8. The predicted molar refractivity (Wildman–Crippen MR) is 90.5 cm³/mol. The molecule has 0 spiro atoms. The number of imidazole rings is 1. The zero-order valence-electron chi connectivity index (χ0n) is 13.0. The number of carbonyl (C=O) groups is 1. The number of rotatable bonds is 5. The molecule has 0 amide bonds. The molecule has 0 aliphatic heterocycles. The molecule has 0 radical (unpaired) electrons. The highest BCUT2D eigenvalue weighted by molar-refractivity contribution is 7.12. The Morgan fingerprint density at radius 1 is 1.35 bits per heavy atom. The van der Waals surface area contributed by atoms with Crippen LogP contribution >= 0.6 is 11.3 Å². The van der Waals surface area contributed by atoms with E-state index in [4.69, 9.17) is 9.72 Å². The maximum atomic E-state index is 11.8. The van der Waals surface area contributed by atoms with Gasteiger partial charge in [-0.25, -0.2) is 9.78 Å². The second-order valence-corrected chi connectivity index (χ2v) is 5.84. The van der Waals surface area contributed by atoms with Gasteiger partial charge in [0.1, 0.15) is 10.7 Å². The number of esters is 1. The molecule has 5 nitrogen and oxygen atoms in total. The average Bonchev–Trinajstić information content (AvgIpc) is 3.22.